The summed E-state index contributed by atoms with van der Waals surface area (Å²) in [5, 5.41) is 3.45. The summed E-state index contributed by atoms with van der Waals surface area (Å²) >= 11 is 1.46. The first-order valence-electron chi connectivity index (χ1n) is 5.27. The average molecular weight is 234 g/mol. The van der Waals surface area contributed by atoms with Crippen molar-refractivity contribution in [3.63, 3.8) is 0 Å². The second kappa shape index (κ2) is 4.70. The van der Waals surface area contributed by atoms with Crippen molar-refractivity contribution in [1.82, 2.24) is 5.32 Å². The highest BCUT2D eigenvalue weighted by Crippen LogP contribution is 2.27. The van der Waals surface area contributed by atoms with Crippen molar-refractivity contribution in [2.24, 2.45) is 4.99 Å². The predicted molar refractivity (Wildman–Crippen MR) is 68.2 cm³/mol. The van der Waals surface area contributed by atoms with Crippen molar-refractivity contribution in [2.75, 3.05) is 5.75 Å². The summed E-state index contributed by atoms with van der Waals surface area (Å²) in [4.78, 5) is 15.5. The molecule has 1 fully saturated rings. The smallest absolute Gasteiger partial charge is 0.236 e. The quantitative estimate of drug-likeness (QED) is 0.854. The van der Waals surface area contributed by atoms with E-state index in [1.165, 1.54) is 17.3 Å². The Morgan fingerprint density at radius 3 is 2.75 bits per heavy atom. The fourth-order valence-corrected chi connectivity index (χ4v) is 2.26. The van der Waals surface area contributed by atoms with Gasteiger partial charge in [-0.15, -0.1) is 0 Å². The molecule has 0 spiro atoms. The van der Waals surface area contributed by atoms with E-state index < -0.39 is 0 Å². The SMILES string of the molecule is CC(C)c1ccccc1N=C1NC(=O)CS1. The first kappa shape index (κ1) is 11.2. The lowest BCUT2D eigenvalue weighted by atomic mass is 10.0. The number of carbonyl (C=O) groups is 1. The standard InChI is InChI=1S/C12H14N2OS/c1-8(2)9-5-3-4-6-10(9)13-12-14-11(15)7-16-12/h3-6,8H,7H2,1-2H3,(H,13,14,15). The molecule has 1 amide bonds. The summed E-state index contributed by atoms with van der Waals surface area (Å²) in [7, 11) is 0. The van der Waals surface area contributed by atoms with E-state index >= 15 is 0 Å². The van der Waals surface area contributed by atoms with Crippen LogP contribution in [0.5, 0.6) is 0 Å². The number of hydrogen-bond donors (Lipinski definition) is 1. The summed E-state index contributed by atoms with van der Waals surface area (Å²) in [5.74, 6) is 0.941. The number of aliphatic imine (C=N–C) groups is 1. The van der Waals surface area contributed by atoms with Crippen LogP contribution in [0.3, 0.4) is 0 Å². The Morgan fingerprint density at radius 2 is 2.12 bits per heavy atom. The molecule has 4 heteroatoms. The molecule has 1 N–H and O–H groups in total. The van der Waals surface area contributed by atoms with Gasteiger partial charge in [0.15, 0.2) is 5.17 Å². The molecule has 1 heterocycles. The van der Waals surface area contributed by atoms with E-state index in [4.69, 9.17) is 0 Å². The number of amides is 1. The minimum atomic E-state index is 0.0331. The maximum atomic E-state index is 11.0. The van der Waals surface area contributed by atoms with Gasteiger partial charge in [-0.25, -0.2) is 4.99 Å². The number of para-hydroxylation sites is 1. The maximum Gasteiger partial charge on any atom is 0.236 e. The summed E-state index contributed by atoms with van der Waals surface area (Å²) < 4.78 is 0. The highest BCUT2D eigenvalue weighted by Gasteiger charge is 2.17. The molecule has 0 atom stereocenters. The molecule has 0 aromatic heterocycles. The van der Waals surface area contributed by atoms with Crippen molar-refractivity contribution < 1.29 is 4.79 Å². The highest BCUT2D eigenvalue weighted by molar-refractivity contribution is 8.15. The van der Waals surface area contributed by atoms with Crippen LogP contribution in [0.25, 0.3) is 0 Å². The molecule has 2 rings (SSSR count). The van der Waals surface area contributed by atoms with Crippen molar-refractivity contribution in [3.05, 3.63) is 29.8 Å². The van der Waals surface area contributed by atoms with Gasteiger partial charge in [-0.1, -0.05) is 43.8 Å². The minimum Gasteiger partial charge on any atom is -0.304 e. The van der Waals surface area contributed by atoms with Crippen LogP contribution in [0.4, 0.5) is 5.69 Å². The third kappa shape index (κ3) is 2.44. The topological polar surface area (TPSA) is 41.5 Å². The molecular formula is C12H14N2OS. The van der Waals surface area contributed by atoms with Gasteiger partial charge in [0.05, 0.1) is 11.4 Å². The normalized spacial score (nSPS) is 18.2. The van der Waals surface area contributed by atoms with E-state index in [-0.39, 0.29) is 5.91 Å². The van der Waals surface area contributed by atoms with Crippen LogP contribution < -0.4 is 5.32 Å². The lowest BCUT2D eigenvalue weighted by Crippen LogP contribution is -2.19. The van der Waals surface area contributed by atoms with Crippen LogP contribution >= 0.6 is 11.8 Å². The first-order chi connectivity index (χ1) is 7.66. The van der Waals surface area contributed by atoms with Crippen molar-refractivity contribution in [3.8, 4) is 0 Å². The molecule has 0 unspecified atom stereocenters. The van der Waals surface area contributed by atoms with E-state index in [2.05, 4.69) is 30.2 Å². The number of thioether (sulfide) groups is 1. The van der Waals surface area contributed by atoms with Gasteiger partial charge in [-0.2, -0.15) is 0 Å². The molecule has 0 radical (unpaired) electrons. The number of benzene rings is 1. The van der Waals surface area contributed by atoms with Crippen molar-refractivity contribution >= 4 is 28.5 Å². The predicted octanol–water partition coefficient (Wildman–Crippen LogP) is 2.66. The molecular weight excluding hydrogens is 220 g/mol. The van der Waals surface area contributed by atoms with Gasteiger partial charge < -0.3 is 5.32 Å². The number of rotatable bonds is 2. The number of nitrogens with one attached hydrogen (secondary N) is 1. The molecule has 0 saturated carbocycles. The Morgan fingerprint density at radius 1 is 1.38 bits per heavy atom. The Bertz CT molecular complexity index is 440. The summed E-state index contributed by atoms with van der Waals surface area (Å²) in [6.07, 6.45) is 0. The second-order valence-corrected chi connectivity index (χ2v) is 4.93. The van der Waals surface area contributed by atoms with Crippen LogP contribution in [0.2, 0.25) is 0 Å². The van der Waals surface area contributed by atoms with Gasteiger partial charge >= 0.3 is 0 Å². The van der Waals surface area contributed by atoms with Gasteiger partial charge in [0.2, 0.25) is 5.91 Å². The van der Waals surface area contributed by atoms with Gasteiger partial charge in [0, 0.05) is 0 Å². The molecule has 3 nitrogen and oxygen atoms in total. The molecule has 1 saturated heterocycles. The Kier molecular flexibility index (Phi) is 3.29. The Hall–Kier alpha value is -1.29. The fourth-order valence-electron chi connectivity index (χ4n) is 1.57. The molecule has 1 aliphatic rings. The molecule has 84 valence electrons. The third-order valence-corrected chi connectivity index (χ3v) is 3.24. The third-order valence-electron chi connectivity index (χ3n) is 2.37. The van der Waals surface area contributed by atoms with E-state index in [9.17, 15) is 4.79 Å². The van der Waals surface area contributed by atoms with E-state index in [0.717, 1.165) is 5.69 Å². The lowest BCUT2D eigenvalue weighted by Gasteiger charge is -2.08. The van der Waals surface area contributed by atoms with Gasteiger partial charge in [-0.05, 0) is 17.5 Å². The number of carbonyl (C=O) groups excluding carboxylic acids is 1. The molecule has 16 heavy (non-hydrogen) atoms. The van der Waals surface area contributed by atoms with Crippen LogP contribution in [0.1, 0.15) is 25.3 Å². The van der Waals surface area contributed by atoms with E-state index in [0.29, 0.717) is 16.8 Å². The zero-order valence-electron chi connectivity index (χ0n) is 9.36. The van der Waals surface area contributed by atoms with Crippen molar-refractivity contribution in [2.45, 2.75) is 19.8 Å². The maximum absolute atomic E-state index is 11.0. The molecule has 0 bridgehead atoms. The lowest BCUT2D eigenvalue weighted by molar-refractivity contribution is -0.116. The largest absolute Gasteiger partial charge is 0.304 e. The number of nitrogens with zero attached hydrogens (tertiary/aromatic N) is 1. The second-order valence-electron chi connectivity index (χ2n) is 3.97. The summed E-state index contributed by atoms with van der Waals surface area (Å²) in [6.45, 7) is 4.28. The molecule has 0 aliphatic carbocycles. The van der Waals surface area contributed by atoms with E-state index in [1.54, 1.807) is 0 Å². The highest BCUT2D eigenvalue weighted by atomic mass is 32.2. The van der Waals surface area contributed by atoms with Gasteiger partial charge in [0.1, 0.15) is 0 Å². The summed E-state index contributed by atoms with van der Waals surface area (Å²) in [5.41, 5.74) is 2.15. The van der Waals surface area contributed by atoms with E-state index in [1.807, 2.05) is 18.2 Å². The number of amidine groups is 1. The summed E-state index contributed by atoms with van der Waals surface area (Å²) in [6, 6.07) is 8.03. The van der Waals surface area contributed by atoms with Crippen molar-refractivity contribution in [1.29, 1.82) is 0 Å². The number of hydrogen-bond acceptors (Lipinski definition) is 3. The van der Waals surface area contributed by atoms with Crippen LogP contribution in [0.15, 0.2) is 29.3 Å². The first-order valence-corrected chi connectivity index (χ1v) is 6.25. The van der Waals surface area contributed by atoms with Crippen LogP contribution in [-0.4, -0.2) is 16.8 Å². The van der Waals surface area contributed by atoms with Crippen LogP contribution in [0, 0.1) is 0 Å². The van der Waals surface area contributed by atoms with Gasteiger partial charge in [-0.3, -0.25) is 4.79 Å². The fraction of sp³-hybridized carbons (Fsp3) is 0.333. The Labute approximate surface area is 99.3 Å². The average Bonchev–Trinajstić information content (AvgIpc) is 2.64. The zero-order chi connectivity index (χ0) is 11.5. The minimum absolute atomic E-state index is 0.0331. The molecule has 1 aliphatic heterocycles. The van der Waals surface area contributed by atoms with Crippen LogP contribution in [-0.2, 0) is 4.79 Å². The Balaban J connectivity index is 2.30. The molecule has 1 aromatic carbocycles. The monoisotopic (exact) mass is 234 g/mol. The molecule has 1 aromatic rings. The zero-order valence-corrected chi connectivity index (χ0v) is 10.2. The van der Waals surface area contributed by atoms with Gasteiger partial charge in [0.25, 0.3) is 0 Å².